The van der Waals surface area contributed by atoms with Crippen molar-refractivity contribution in [3.05, 3.63) is 86.9 Å². The van der Waals surface area contributed by atoms with Gasteiger partial charge in [-0.1, -0.05) is 29.3 Å². The highest BCUT2D eigenvalue weighted by molar-refractivity contribution is 6.37. The maximum atomic E-state index is 13.5. The zero-order chi connectivity index (χ0) is 21.4. The maximum absolute atomic E-state index is 13.5. The standard InChI is InChI=1S/C22H16Cl2F2N2O2/c23-17-9-14(27)10-18(24)21(17)30-15-2-3-16-13(8-15)5-6-28(22(16)29)11-12-1-4-19(25)20(26)7-12/h1-4,7-10H,5-6,11,27H2. The summed E-state index contributed by atoms with van der Waals surface area (Å²) in [5.74, 6) is -1.25. The summed E-state index contributed by atoms with van der Waals surface area (Å²) in [7, 11) is 0. The summed E-state index contributed by atoms with van der Waals surface area (Å²) in [6.07, 6.45) is 0.588. The number of rotatable bonds is 4. The number of hydrogen-bond acceptors (Lipinski definition) is 3. The number of benzene rings is 3. The molecule has 30 heavy (non-hydrogen) atoms. The molecule has 8 heteroatoms. The Kier molecular flexibility index (Phi) is 5.54. The molecule has 1 aliphatic rings. The summed E-state index contributed by atoms with van der Waals surface area (Å²) in [6.45, 7) is 0.641. The molecule has 154 valence electrons. The predicted octanol–water partition coefficient (Wildman–Crippen LogP) is 5.84. The first-order chi connectivity index (χ1) is 14.3. The van der Waals surface area contributed by atoms with Crippen LogP contribution in [0.1, 0.15) is 21.5 Å². The van der Waals surface area contributed by atoms with Crippen molar-refractivity contribution in [2.24, 2.45) is 0 Å². The van der Waals surface area contributed by atoms with E-state index in [4.69, 9.17) is 33.7 Å². The number of anilines is 1. The molecule has 0 unspecified atom stereocenters. The van der Waals surface area contributed by atoms with Crippen LogP contribution >= 0.6 is 23.2 Å². The Balaban J connectivity index is 1.54. The van der Waals surface area contributed by atoms with E-state index in [1.807, 2.05) is 0 Å². The molecule has 4 rings (SSSR count). The maximum Gasteiger partial charge on any atom is 0.254 e. The summed E-state index contributed by atoms with van der Waals surface area (Å²) in [4.78, 5) is 14.4. The molecular formula is C22H16Cl2F2N2O2. The first kappa shape index (κ1) is 20.4. The molecule has 0 saturated heterocycles. The third-order valence-corrected chi connectivity index (χ3v) is 5.40. The van der Waals surface area contributed by atoms with Crippen LogP contribution in [0.25, 0.3) is 0 Å². The lowest BCUT2D eigenvalue weighted by Crippen LogP contribution is -2.37. The van der Waals surface area contributed by atoms with Crippen LogP contribution < -0.4 is 10.5 Å². The van der Waals surface area contributed by atoms with Crippen molar-refractivity contribution >= 4 is 34.8 Å². The average molecular weight is 449 g/mol. The van der Waals surface area contributed by atoms with E-state index in [0.29, 0.717) is 35.5 Å². The Morgan fingerprint density at radius 2 is 1.73 bits per heavy atom. The number of carbonyl (C=O) groups is 1. The van der Waals surface area contributed by atoms with Crippen LogP contribution in [0.2, 0.25) is 10.0 Å². The molecule has 1 heterocycles. The van der Waals surface area contributed by atoms with Crippen LogP contribution in [0.4, 0.5) is 14.5 Å². The number of hydrogen-bond donors (Lipinski definition) is 1. The van der Waals surface area contributed by atoms with Gasteiger partial charge in [0.15, 0.2) is 17.4 Å². The third kappa shape index (κ3) is 4.06. The third-order valence-electron chi connectivity index (χ3n) is 4.84. The number of fused-ring (bicyclic) bond motifs is 1. The van der Waals surface area contributed by atoms with Crippen molar-refractivity contribution in [2.45, 2.75) is 13.0 Å². The SMILES string of the molecule is Nc1cc(Cl)c(Oc2ccc3c(c2)CCN(Cc2ccc(F)c(F)c2)C3=O)c(Cl)c1. The second-order valence-corrected chi connectivity index (χ2v) is 7.77. The number of nitrogen functional groups attached to an aromatic ring is 1. The summed E-state index contributed by atoms with van der Waals surface area (Å²) in [6, 6.07) is 11.8. The van der Waals surface area contributed by atoms with Crippen molar-refractivity contribution in [3.63, 3.8) is 0 Å². The van der Waals surface area contributed by atoms with Gasteiger partial charge in [-0.05, 0) is 60.0 Å². The van der Waals surface area contributed by atoms with Crippen LogP contribution in [0, 0.1) is 11.6 Å². The molecule has 0 bridgehead atoms. The van der Waals surface area contributed by atoms with Crippen molar-refractivity contribution in [3.8, 4) is 11.5 Å². The molecule has 3 aromatic carbocycles. The minimum atomic E-state index is -0.931. The summed E-state index contributed by atoms with van der Waals surface area (Å²) in [5, 5.41) is 0.568. The molecule has 2 N–H and O–H groups in total. The molecule has 0 fully saturated rings. The van der Waals surface area contributed by atoms with Gasteiger partial charge >= 0.3 is 0 Å². The van der Waals surface area contributed by atoms with Crippen LogP contribution in [0.15, 0.2) is 48.5 Å². The molecule has 1 aliphatic heterocycles. The van der Waals surface area contributed by atoms with Crippen LogP contribution in [0.3, 0.4) is 0 Å². The van der Waals surface area contributed by atoms with Crippen LogP contribution in [0.5, 0.6) is 11.5 Å². The highest BCUT2D eigenvalue weighted by Gasteiger charge is 2.25. The van der Waals surface area contributed by atoms with E-state index in [9.17, 15) is 13.6 Å². The van der Waals surface area contributed by atoms with E-state index in [-0.39, 0.29) is 28.2 Å². The van der Waals surface area contributed by atoms with Crippen molar-refractivity contribution < 1.29 is 18.3 Å². The first-order valence-electron chi connectivity index (χ1n) is 9.10. The Morgan fingerprint density at radius 1 is 1.00 bits per heavy atom. The lowest BCUT2D eigenvalue weighted by atomic mass is 9.98. The zero-order valence-corrected chi connectivity index (χ0v) is 17.1. The largest absolute Gasteiger partial charge is 0.454 e. The van der Waals surface area contributed by atoms with Crippen LogP contribution in [-0.4, -0.2) is 17.4 Å². The van der Waals surface area contributed by atoms with Gasteiger partial charge in [0, 0.05) is 24.3 Å². The summed E-state index contributed by atoms with van der Waals surface area (Å²) in [5.41, 5.74) is 8.01. The molecule has 0 atom stereocenters. The Bertz CT molecular complexity index is 1130. The highest BCUT2D eigenvalue weighted by atomic mass is 35.5. The van der Waals surface area contributed by atoms with Gasteiger partial charge in [0.2, 0.25) is 0 Å². The van der Waals surface area contributed by atoms with Gasteiger partial charge in [0.25, 0.3) is 5.91 Å². The predicted molar refractivity (Wildman–Crippen MR) is 112 cm³/mol. The molecule has 0 spiro atoms. The van der Waals surface area contributed by atoms with Gasteiger partial charge in [0.1, 0.15) is 5.75 Å². The minimum Gasteiger partial charge on any atom is -0.454 e. The van der Waals surface area contributed by atoms with E-state index in [2.05, 4.69) is 0 Å². The molecular weight excluding hydrogens is 433 g/mol. The normalized spacial score (nSPS) is 13.3. The summed E-state index contributed by atoms with van der Waals surface area (Å²) < 4.78 is 32.4. The number of halogens is 4. The zero-order valence-electron chi connectivity index (χ0n) is 15.6. The van der Waals surface area contributed by atoms with E-state index in [1.165, 1.54) is 6.07 Å². The van der Waals surface area contributed by atoms with E-state index >= 15 is 0 Å². The van der Waals surface area contributed by atoms with Gasteiger partial charge in [0.05, 0.1) is 10.0 Å². The molecule has 3 aromatic rings. The van der Waals surface area contributed by atoms with Crippen molar-refractivity contribution in [2.75, 3.05) is 12.3 Å². The topological polar surface area (TPSA) is 55.6 Å². The van der Waals surface area contributed by atoms with E-state index in [1.54, 1.807) is 35.2 Å². The second kappa shape index (κ2) is 8.13. The Hall–Kier alpha value is -2.83. The average Bonchev–Trinajstić information content (AvgIpc) is 2.69. The number of ether oxygens (including phenoxy) is 1. The van der Waals surface area contributed by atoms with Crippen LogP contribution in [-0.2, 0) is 13.0 Å². The van der Waals surface area contributed by atoms with Gasteiger partial charge in [-0.3, -0.25) is 4.79 Å². The number of carbonyl (C=O) groups excluding carboxylic acids is 1. The van der Waals surface area contributed by atoms with Gasteiger partial charge in [-0.25, -0.2) is 8.78 Å². The van der Waals surface area contributed by atoms with Gasteiger partial charge in [-0.15, -0.1) is 0 Å². The smallest absolute Gasteiger partial charge is 0.254 e. The number of nitrogens with two attached hydrogens (primary N) is 1. The van der Waals surface area contributed by atoms with Crippen molar-refractivity contribution in [1.29, 1.82) is 0 Å². The lowest BCUT2D eigenvalue weighted by molar-refractivity contribution is 0.0726. The minimum absolute atomic E-state index is 0.184. The number of nitrogens with zero attached hydrogens (tertiary/aromatic N) is 1. The molecule has 0 aromatic heterocycles. The van der Waals surface area contributed by atoms with E-state index in [0.717, 1.165) is 17.7 Å². The highest BCUT2D eigenvalue weighted by Crippen LogP contribution is 2.38. The summed E-state index contributed by atoms with van der Waals surface area (Å²) >= 11 is 12.3. The number of amides is 1. The quantitative estimate of drug-likeness (QED) is 0.509. The molecule has 0 radical (unpaired) electrons. The first-order valence-corrected chi connectivity index (χ1v) is 9.86. The van der Waals surface area contributed by atoms with E-state index < -0.39 is 11.6 Å². The fourth-order valence-corrected chi connectivity index (χ4v) is 3.96. The molecule has 1 amide bonds. The fourth-order valence-electron chi connectivity index (χ4n) is 3.38. The lowest BCUT2D eigenvalue weighted by Gasteiger charge is -2.29. The van der Waals surface area contributed by atoms with Gasteiger partial charge in [-0.2, -0.15) is 0 Å². The monoisotopic (exact) mass is 448 g/mol. The van der Waals surface area contributed by atoms with Gasteiger partial charge < -0.3 is 15.4 Å². The molecule has 0 aliphatic carbocycles. The Labute approximate surface area is 181 Å². The molecule has 4 nitrogen and oxygen atoms in total. The second-order valence-electron chi connectivity index (χ2n) is 6.96. The fraction of sp³-hybridized carbons (Fsp3) is 0.136. The van der Waals surface area contributed by atoms with Crippen molar-refractivity contribution in [1.82, 2.24) is 4.90 Å². The Morgan fingerprint density at radius 3 is 2.43 bits per heavy atom. The molecule has 0 saturated carbocycles.